The van der Waals surface area contributed by atoms with Crippen LogP contribution in [0, 0.1) is 5.82 Å². The molecule has 4 nitrogen and oxygen atoms in total. The van der Waals surface area contributed by atoms with Crippen LogP contribution in [0.15, 0.2) is 18.2 Å². The van der Waals surface area contributed by atoms with Crippen LogP contribution in [0.4, 0.5) is 10.1 Å². The third-order valence-corrected chi connectivity index (χ3v) is 3.58. The number of carbonyl (C=O) groups is 1. The van der Waals surface area contributed by atoms with E-state index in [2.05, 4.69) is 10.6 Å². The van der Waals surface area contributed by atoms with Crippen molar-refractivity contribution in [3.63, 3.8) is 0 Å². The Morgan fingerprint density at radius 1 is 1.30 bits per heavy atom. The largest absolute Gasteiger partial charge is 0.367 e. The van der Waals surface area contributed by atoms with Gasteiger partial charge in [0.1, 0.15) is 5.82 Å². The number of hydrogen-bond donors (Lipinski definition) is 2. The van der Waals surface area contributed by atoms with Crippen molar-refractivity contribution in [3.05, 3.63) is 29.6 Å². The molecule has 2 N–H and O–H groups in total. The fraction of sp³-hybridized carbons (Fsp3) is 0.500. The van der Waals surface area contributed by atoms with E-state index in [-0.39, 0.29) is 24.1 Å². The van der Waals surface area contributed by atoms with Crippen LogP contribution in [0.5, 0.6) is 0 Å². The Labute approximate surface area is 124 Å². The van der Waals surface area contributed by atoms with E-state index in [1.165, 1.54) is 6.07 Å². The van der Waals surface area contributed by atoms with Gasteiger partial charge in [0.05, 0.1) is 5.69 Å². The van der Waals surface area contributed by atoms with Gasteiger partial charge in [-0.3, -0.25) is 4.79 Å². The van der Waals surface area contributed by atoms with Crippen molar-refractivity contribution in [2.75, 3.05) is 31.1 Å². The van der Waals surface area contributed by atoms with Gasteiger partial charge in [-0.2, -0.15) is 0 Å². The number of nitrogens with one attached hydrogen (secondary N) is 2. The second-order valence-corrected chi connectivity index (χ2v) is 5.15. The first kappa shape index (κ1) is 15.1. The number of amides is 1. The van der Waals surface area contributed by atoms with Gasteiger partial charge >= 0.3 is 0 Å². The number of halogens is 2. The lowest BCUT2D eigenvalue weighted by atomic mass is 10.1. The molecule has 1 aliphatic heterocycles. The zero-order valence-corrected chi connectivity index (χ0v) is 12.0. The van der Waals surface area contributed by atoms with Crippen molar-refractivity contribution in [1.29, 1.82) is 0 Å². The van der Waals surface area contributed by atoms with Crippen LogP contribution in [0.2, 0.25) is 0 Å². The Morgan fingerprint density at radius 2 is 2.00 bits per heavy atom. The van der Waals surface area contributed by atoms with Crippen molar-refractivity contribution >= 4 is 24.0 Å². The maximum absolute atomic E-state index is 14.1. The summed E-state index contributed by atoms with van der Waals surface area (Å²) >= 11 is 0. The van der Waals surface area contributed by atoms with Crippen LogP contribution in [-0.4, -0.2) is 38.1 Å². The summed E-state index contributed by atoms with van der Waals surface area (Å²) in [5, 5.41) is 6.10. The zero-order valence-electron chi connectivity index (χ0n) is 11.2. The lowest BCUT2D eigenvalue weighted by Crippen LogP contribution is -2.43. The molecule has 1 saturated heterocycles. The molecule has 2 fully saturated rings. The predicted molar refractivity (Wildman–Crippen MR) is 79.2 cm³/mol. The first-order valence-corrected chi connectivity index (χ1v) is 6.80. The summed E-state index contributed by atoms with van der Waals surface area (Å²) in [7, 11) is 0. The molecule has 1 aromatic rings. The molecule has 0 unspecified atom stereocenters. The Kier molecular flexibility index (Phi) is 4.83. The summed E-state index contributed by atoms with van der Waals surface area (Å²) < 4.78 is 14.1. The third kappa shape index (κ3) is 3.41. The summed E-state index contributed by atoms with van der Waals surface area (Å²) in [6.45, 7) is 3.32. The van der Waals surface area contributed by atoms with Gasteiger partial charge in [0.15, 0.2) is 0 Å². The number of hydrogen-bond acceptors (Lipinski definition) is 3. The average molecular weight is 300 g/mol. The van der Waals surface area contributed by atoms with E-state index in [0.29, 0.717) is 17.3 Å². The number of piperazine rings is 1. The van der Waals surface area contributed by atoms with Gasteiger partial charge in [-0.1, -0.05) is 0 Å². The fourth-order valence-corrected chi connectivity index (χ4v) is 2.31. The summed E-state index contributed by atoms with van der Waals surface area (Å²) in [5.41, 5.74) is 0.993. The molecule has 6 heteroatoms. The first-order valence-electron chi connectivity index (χ1n) is 6.80. The van der Waals surface area contributed by atoms with Gasteiger partial charge in [0.25, 0.3) is 5.91 Å². The number of nitrogens with zero attached hydrogens (tertiary/aromatic N) is 1. The van der Waals surface area contributed by atoms with Gasteiger partial charge in [0.2, 0.25) is 0 Å². The van der Waals surface area contributed by atoms with Gasteiger partial charge in [-0.05, 0) is 31.0 Å². The highest BCUT2D eigenvalue weighted by Gasteiger charge is 2.24. The van der Waals surface area contributed by atoms with Crippen LogP contribution in [0.3, 0.4) is 0 Å². The van der Waals surface area contributed by atoms with Gasteiger partial charge in [-0.15, -0.1) is 12.4 Å². The Morgan fingerprint density at radius 3 is 2.60 bits per heavy atom. The fourth-order valence-electron chi connectivity index (χ4n) is 2.31. The Bertz CT molecular complexity index is 487. The van der Waals surface area contributed by atoms with E-state index in [1.807, 2.05) is 4.90 Å². The number of benzene rings is 1. The van der Waals surface area contributed by atoms with Gasteiger partial charge in [-0.25, -0.2) is 4.39 Å². The molecule has 0 radical (unpaired) electrons. The second-order valence-electron chi connectivity index (χ2n) is 5.15. The van der Waals surface area contributed by atoms with E-state index in [4.69, 9.17) is 0 Å². The van der Waals surface area contributed by atoms with E-state index in [9.17, 15) is 9.18 Å². The van der Waals surface area contributed by atoms with Crippen LogP contribution in [-0.2, 0) is 0 Å². The predicted octanol–water partition coefficient (Wildman–Crippen LogP) is 1.55. The SMILES string of the molecule is Cl.O=C(NC1CC1)c1ccc(N2CCNCC2)c(F)c1. The average Bonchev–Trinajstić information content (AvgIpc) is 3.23. The molecule has 1 heterocycles. The van der Waals surface area contributed by atoms with Gasteiger partial charge in [0, 0.05) is 37.8 Å². The monoisotopic (exact) mass is 299 g/mol. The van der Waals surface area contributed by atoms with E-state index in [0.717, 1.165) is 39.0 Å². The number of rotatable bonds is 3. The minimum absolute atomic E-state index is 0. The van der Waals surface area contributed by atoms with Gasteiger partial charge < -0.3 is 15.5 Å². The smallest absolute Gasteiger partial charge is 0.251 e. The summed E-state index contributed by atoms with van der Waals surface area (Å²) in [6, 6.07) is 5.05. The van der Waals surface area contributed by atoms with Crippen molar-refractivity contribution in [1.82, 2.24) is 10.6 Å². The third-order valence-electron chi connectivity index (χ3n) is 3.58. The maximum Gasteiger partial charge on any atom is 0.251 e. The van der Waals surface area contributed by atoms with Crippen LogP contribution < -0.4 is 15.5 Å². The second kappa shape index (κ2) is 6.41. The molecule has 1 aromatic carbocycles. The molecule has 0 atom stereocenters. The van der Waals surface area contributed by atoms with Crippen LogP contribution >= 0.6 is 12.4 Å². The van der Waals surface area contributed by atoms with E-state index >= 15 is 0 Å². The molecule has 0 aromatic heterocycles. The van der Waals surface area contributed by atoms with E-state index < -0.39 is 0 Å². The van der Waals surface area contributed by atoms with Crippen LogP contribution in [0.25, 0.3) is 0 Å². The Balaban J connectivity index is 0.00000147. The standard InChI is InChI=1S/C14H18FN3O.ClH/c15-12-9-10(14(19)17-11-2-3-11)1-4-13(12)18-7-5-16-6-8-18;/h1,4,9,11,16H,2-3,5-8H2,(H,17,19);1H. The van der Waals surface area contributed by atoms with Crippen molar-refractivity contribution in [2.24, 2.45) is 0 Å². The highest BCUT2D eigenvalue weighted by atomic mass is 35.5. The minimum atomic E-state index is -0.314. The first-order chi connectivity index (χ1) is 9.24. The highest BCUT2D eigenvalue weighted by Crippen LogP contribution is 2.23. The van der Waals surface area contributed by atoms with Crippen molar-refractivity contribution < 1.29 is 9.18 Å². The molecule has 1 aliphatic carbocycles. The van der Waals surface area contributed by atoms with E-state index in [1.54, 1.807) is 12.1 Å². The maximum atomic E-state index is 14.1. The highest BCUT2D eigenvalue weighted by molar-refractivity contribution is 5.95. The molecule has 110 valence electrons. The summed E-state index contributed by atoms with van der Waals surface area (Å²) in [4.78, 5) is 13.8. The molecule has 1 amide bonds. The molecule has 0 bridgehead atoms. The molecule has 3 rings (SSSR count). The molecule has 2 aliphatic rings. The lowest BCUT2D eigenvalue weighted by molar-refractivity contribution is 0.0950. The molecule has 20 heavy (non-hydrogen) atoms. The molecule has 0 spiro atoms. The van der Waals surface area contributed by atoms with Crippen molar-refractivity contribution in [3.8, 4) is 0 Å². The quantitative estimate of drug-likeness (QED) is 0.890. The Hall–Kier alpha value is -1.33. The lowest BCUT2D eigenvalue weighted by Gasteiger charge is -2.29. The summed E-state index contributed by atoms with van der Waals surface area (Å²) in [6.07, 6.45) is 2.07. The zero-order chi connectivity index (χ0) is 13.2. The van der Waals surface area contributed by atoms with Crippen LogP contribution in [0.1, 0.15) is 23.2 Å². The van der Waals surface area contributed by atoms with Crippen molar-refractivity contribution in [2.45, 2.75) is 18.9 Å². The number of carbonyl (C=O) groups excluding carboxylic acids is 1. The molecular formula is C14H19ClFN3O. The summed E-state index contributed by atoms with van der Waals surface area (Å²) in [5.74, 6) is -0.487. The minimum Gasteiger partial charge on any atom is -0.367 e. The number of anilines is 1. The molecule has 1 saturated carbocycles. The topological polar surface area (TPSA) is 44.4 Å². The molecular weight excluding hydrogens is 281 g/mol. The normalized spacial score (nSPS) is 18.4.